The molecule has 2 aromatic rings. The second-order valence-corrected chi connectivity index (χ2v) is 6.56. The molecule has 0 spiro atoms. The lowest BCUT2D eigenvalue weighted by Crippen LogP contribution is -2.45. The molecule has 134 valence electrons. The van der Waals surface area contributed by atoms with Crippen LogP contribution in [0.15, 0.2) is 30.3 Å². The number of nitrogens with one attached hydrogen (secondary N) is 2. The van der Waals surface area contributed by atoms with E-state index in [1.165, 1.54) is 0 Å². The van der Waals surface area contributed by atoms with Crippen molar-refractivity contribution in [3.8, 4) is 5.69 Å². The van der Waals surface area contributed by atoms with E-state index in [4.69, 9.17) is 4.74 Å². The molecule has 1 saturated heterocycles. The average Bonchev–Trinajstić information content (AvgIpc) is 3.23. The summed E-state index contributed by atoms with van der Waals surface area (Å²) >= 11 is 0. The molecule has 2 heterocycles. The van der Waals surface area contributed by atoms with Gasteiger partial charge in [-0.1, -0.05) is 18.2 Å². The molecule has 0 unspecified atom stereocenters. The number of urea groups is 1. The first-order valence-electron chi connectivity index (χ1n) is 8.82. The van der Waals surface area contributed by atoms with E-state index in [0.717, 1.165) is 42.1 Å². The van der Waals surface area contributed by atoms with Crippen molar-refractivity contribution in [1.29, 1.82) is 0 Å². The molecular formula is C19H26N4O2. The number of carbonyl (C=O) groups is 1. The van der Waals surface area contributed by atoms with Crippen molar-refractivity contribution in [3.63, 3.8) is 0 Å². The Kier molecular flexibility index (Phi) is 5.38. The molecule has 3 rings (SSSR count). The summed E-state index contributed by atoms with van der Waals surface area (Å²) in [6.45, 7) is 7.22. The van der Waals surface area contributed by atoms with Crippen LogP contribution in [0.4, 0.5) is 4.79 Å². The number of carbonyl (C=O) groups excluding carboxylic acids is 1. The number of aryl methyl sites for hydroxylation is 1. The van der Waals surface area contributed by atoms with Crippen LogP contribution in [0.1, 0.15) is 36.7 Å². The third kappa shape index (κ3) is 4.02. The Morgan fingerprint density at radius 3 is 2.80 bits per heavy atom. The monoisotopic (exact) mass is 342 g/mol. The minimum atomic E-state index is -0.172. The van der Waals surface area contributed by atoms with Gasteiger partial charge in [-0.15, -0.1) is 0 Å². The highest BCUT2D eigenvalue weighted by Gasteiger charge is 2.23. The van der Waals surface area contributed by atoms with E-state index in [-0.39, 0.29) is 18.2 Å². The van der Waals surface area contributed by atoms with Gasteiger partial charge in [-0.3, -0.25) is 0 Å². The highest BCUT2D eigenvalue weighted by atomic mass is 16.5. The molecule has 6 heteroatoms. The largest absolute Gasteiger partial charge is 0.376 e. The quantitative estimate of drug-likeness (QED) is 0.878. The number of benzene rings is 1. The number of para-hydroxylation sites is 1. The fraction of sp³-hybridized carbons (Fsp3) is 0.474. The summed E-state index contributed by atoms with van der Waals surface area (Å²) in [4.78, 5) is 12.2. The Morgan fingerprint density at radius 1 is 1.36 bits per heavy atom. The van der Waals surface area contributed by atoms with Crippen molar-refractivity contribution in [3.05, 3.63) is 47.3 Å². The van der Waals surface area contributed by atoms with E-state index in [2.05, 4.69) is 15.7 Å². The predicted octanol–water partition coefficient (Wildman–Crippen LogP) is 2.86. The van der Waals surface area contributed by atoms with E-state index >= 15 is 0 Å². The van der Waals surface area contributed by atoms with Crippen LogP contribution in [0.3, 0.4) is 0 Å². The lowest BCUT2D eigenvalue weighted by Gasteiger charge is -2.20. The molecule has 1 fully saturated rings. The van der Waals surface area contributed by atoms with E-state index in [9.17, 15) is 4.79 Å². The minimum Gasteiger partial charge on any atom is -0.376 e. The Morgan fingerprint density at radius 2 is 2.12 bits per heavy atom. The van der Waals surface area contributed by atoms with E-state index in [0.29, 0.717) is 6.54 Å². The second kappa shape index (κ2) is 7.70. The van der Waals surface area contributed by atoms with Gasteiger partial charge in [0.1, 0.15) is 0 Å². The highest BCUT2D eigenvalue weighted by Crippen LogP contribution is 2.18. The molecule has 6 nitrogen and oxygen atoms in total. The number of ether oxygens (including phenoxy) is 1. The highest BCUT2D eigenvalue weighted by molar-refractivity contribution is 5.74. The molecule has 1 aromatic heterocycles. The first-order valence-corrected chi connectivity index (χ1v) is 8.82. The first kappa shape index (κ1) is 17.5. The standard InChI is InChI=1S/C19H26N4O2/c1-13-17(15(3)23(22-13)16-8-5-4-6-9-16)12-20-19(24)21-14(2)18-10-7-11-25-18/h4-6,8-9,14,18H,7,10-12H2,1-3H3,(H2,20,21,24)/t14-,18-/m1/s1. The average molecular weight is 342 g/mol. The van der Waals surface area contributed by atoms with Crippen LogP contribution >= 0.6 is 0 Å². The van der Waals surface area contributed by atoms with Crippen molar-refractivity contribution in [2.45, 2.75) is 52.3 Å². The molecule has 1 aromatic carbocycles. The Hall–Kier alpha value is -2.34. The number of aromatic nitrogens is 2. The summed E-state index contributed by atoms with van der Waals surface area (Å²) in [5.41, 5.74) is 4.03. The molecular weight excluding hydrogens is 316 g/mol. The number of hydrogen-bond donors (Lipinski definition) is 2. The molecule has 1 aliphatic rings. The molecule has 1 aliphatic heterocycles. The predicted molar refractivity (Wildman–Crippen MR) is 96.8 cm³/mol. The van der Waals surface area contributed by atoms with Gasteiger partial charge in [0.2, 0.25) is 0 Å². The fourth-order valence-electron chi connectivity index (χ4n) is 3.27. The normalized spacial score (nSPS) is 18.1. The van der Waals surface area contributed by atoms with Crippen molar-refractivity contribution in [2.24, 2.45) is 0 Å². The van der Waals surface area contributed by atoms with Crippen molar-refractivity contribution in [2.75, 3.05) is 6.61 Å². The maximum Gasteiger partial charge on any atom is 0.315 e. The number of nitrogens with zero attached hydrogens (tertiary/aromatic N) is 2. The summed E-state index contributed by atoms with van der Waals surface area (Å²) in [5, 5.41) is 10.5. The van der Waals surface area contributed by atoms with Gasteiger partial charge in [0.25, 0.3) is 0 Å². The van der Waals surface area contributed by atoms with E-state index < -0.39 is 0 Å². The fourth-order valence-corrected chi connectivity index (χ4v) is 3.27. The number of rotatable bonds is 5. The molecule has 0 aliphatic carbocycles. The van der Waals surface area contributed by atoms with Crippen LogP contribution in [0.2, 0.25) is 0 Å². The molecule has 2 atom stereocenters. The summed E-state index contributed by atoms with van der Waals surface area (Å²) in [5.74, 6) is 0. The zero-order valence-electron chi connectivity index (χ0n) is 15.1. The summed E-state index contributed by atoms with van der Waals surface area (Å²) in [6.07, 6.45) is 2.19. The minimum absolute atomic E-state index is 0.0109. The molecule has 0 bridgehead atoms. The lowest BCUT2D eigenvalue weighted by molar-refractivity contribution is 0.0860. The van der Waals surface area contributed by atoms with Gasteiger partial charge in [-0.25, -0.2) is 9.48 Å². The van der Waals surface area contributed by atoms with Crippen molar-refractivity contribution < 1.29 is 9.53 Å². The van der Waals surface area contributed by atoms with E-state index in [1.54, 1.807) is 0 Å². The Balaban J connectivity index is 1.61. The maximum absolute atomic E-state index is 12.2. The van der Waals surface area contributed by atoms with Crippen LogP contribution in [0.25, 0.3) is 5.69 Å². The number of hydrogen-bond acceptors (Lipinski definition) is 3. The maximum atomic E-state index is 12.2. The zero-order valence-corrected chi connectivity index (χ0v) is 15.1. The lowest BCUT2D eigenvalue weighted by atomic mass is 10.1. The zero-order chi connectivity index (χ0) is 17.8. The molecule has 0 saturated carbocycles. The van der Waals surface area contributed by atoms with E-state index in [1.807, 2.05) is 55.8 Å². The second-order valence-electron chi connectivity index (χ2n) is 6.56. The Bertz CT molecular complexity index is 721. The summed E-state index contributed by atoms with van der Waals surface area (Å²) < 4.78 is 7.53. The van der Waals surface area contributed by atoms with Crippen molar-refractivity contribution in [1.82, 2.24) is 20.4 Å². The van der Waals surface area contributed by atoms with Gasteiger partial charge in [0.15, 0.2) is 0 Å². The molecule has 2 N–H and O–H groups in total. The third-order valence-corrected chi connectivity index (χ3v) is 4.75. The molecule has 2 amide bonds. The smallest absolute Gasteiger partial charge is 0.315 e. The Labute approximate surface area is 148 Å². The van der Waals surface area contributed by atoms with Crippen LogP contribution in [0.5, 0.6) is 0 Å². The van der Waals surface area contributed by atoms with Gasteiger partial charge in [0.05, 0.1) is 23.5 Å². The summed E-state index contributed by atoms with van der Waals surface area (Å²) in [6, 6.07) is 9.84. The van der Waals surface area contributed by atoms with Gasteiger partial charge in [0, 0.05) is 24.4 Å². The van der Waals surface area contributed by atoms with Crippen LogP contribution < -0.4 is 10.6 Å². The number of amides is 2. The third-order valence-electron chi connectivity index (χ3n) is 4.75. The van der Waals surface area contributed by atoms with Crippen LogP contribution in [-0.2, 0) is 11.3 Å². The van der Waals surface area contributed by atoms with Crippen molar-refractivity contribution >= 4 is 6.03 Å². The summed E-state index contributed by atoms with van der Waals surface area (Å²) in [7, 11) is 0. The van der Waals surface area contributed by atoms with Crippen LogP contribution in [0, 0.1) is 13.8 Å². The molecule has 0 radical (unpaired) electrons. The van der Waals surface area contributed by atoms with Crippen LogP contribution in [-0.4, -0.2) is 34.6 Å². The van der Waals surface area contributed by atoms with Gasteiger partial charge in [-0.2, -0.15) is 5.10 Å². The molecule has 25 heavy (non-hydrogen) atoms. The first-order chi connectivity index (χ1) is 12.1. The topological polar surface area (TPSA) is 68.2 Å². The van der Waals surface area contributed by atoms with Gasteiger partial charge in [-0.05, 0) is 45.7 Å². The SMILES string of the molecule is Cc1nn(-c2ccccc2)c(C)c1CNC(=O)N[C@H](C)[C@H]1CCCO1. The van der Waals surface area contributed by atoms with Gasteiger partial charge < -0.3 is 15.4 Å². The van der Waals surface area contributed by atoms with Gasteiger partial charge >= 0.3 is 6.03 Å².